The normalized spacial score (nSPS) is 11.3. The Kier molecular flexibility index (Phi) is 5.65. The Bertz CT molecular complexity index is 1470. The molecular formula is C21H15FN4O5S. The largest absolute Gasteiger partial charge is 0.438 e. The minimum Gasteiger partial charge on any atom is -0.438 e. The van der Waals surface area contributed by atoms with Crippen LogP contribution in [0.3, 0.4) is 0 Å². The van der Waals surface area contributed by atoms with Crippen LogP contribution in [0.15, 0.2) is 82.5 Å². The highest BCUT2D eigenvalue weighted by molar-refractivity contribution is 7.92. The van der Waals surface area contributed by atoms with E-state index in [9.17, 15) is 22.4 Å². The lowest BCUT2D eigenvalue weighted by atomic mass is 10.2. The maximum absolute atomic E-state index is 13.1. The molecule has 11 heteroatoms. The molecule has 0 aliphatic heterocycles. The number of rotatable bonds is 6. The molecule has 4 aromatic rings. The molecule has 0 fully saturated rings. The van der Waals surface area contributed by atoms with E-state index in [1.165, 1.54) is 24.3 Å². The molecule has 1 N–H and O–H groups in total. The van der Waals surface area contributed by atoms with E-state index in [4.69, 9.17) is 4.74 Å². The summed E-state index contributed by atoms with van der Waals surface area (Å²) in [6, 6.07) is 16.6. The Balaban J connectivity index is 1.55. The van der Waals surface area contributed by atoms with Crippen molar-refractivity contribution in [2.24, 2.45) is 0 Å². The minimum absolute atomic E-state index is 0.0428. The van der Waals surface area contributed by atoms with Gasteiger partial charge in [0.1, 0.15) is 11.3 Å². The SMILES string of the molecule is O=C(OCn1nnc2ccccc2c1=O)c1ccccc1NS(=O)(=O)c1ccc(F)cc1. The lowest BCUT2D eigenvalue weighted by Crippen LogP contribution is -2.26. The summed E-state index contributed by atoms with van der Waals surface area (Å²) in [4.78, 5) is 24.9. The zero-order chi connectivity index (χ0) is 22.7. The molecule has 9 nitrogen and oxygen atoms in total. The van der Waals surface area contributed by atoms with Crippen LogP contribution < -0.4 is 10.3 Å². The van der Waals surface area contributed by atoms with Gasteiger partial charge in [0.25, 0.3) is 15.6 Å². The number of sulfonamides is 1. The van der Waals surface area contributed by atoms with Crippen LogP contribution in [0.4, 0.5) is 10.1 Å². The van der Waals surface area contributed by atoms with Crippen molar-refractivity contribution in [3.63, 3.8) is 0 Å². The van der Waals surface area contributed by atoms with E-state index in [0.717, 1.165) is 28.9 Å². The summed E-state index contributed by atoms with van der Waals surface area (Å²) in [5.41, 5.74) is -0.215. The van der Waals surface area contributed by atoms with E-state index in [1.807, 2.05) is 0 Å². The second kappa shape index (κ2) is 8.55. The molecular weight excluding hydrogens is 439 g/mol. The Morgan fingerprint density at radius 2 is 1.69 bits per heavy atom. The Labute approximate surface area is 181 Å². The summed E-state index contributed by atoms with van der Waals surface area (Å²) in [5, 5.41) is 7.95. The molecule has 0 bridgehead atoms. The van der Waals surface area contributed by atoms with Gasteiger partial charge in [-0.3, -0.25) is 9.52 Å². The van der Waals surface area contributed by atoms with E-state index in [0.29, 0.717) is 10.9 Å². The highest BCUT2D eigenvalue weighted by Crippen LogP contribution is 2.21. The van der Waals surface area contributed by atoms with Gasteiger partial charge in [-0.05, 0) is 48.5 Å². The second-order valence-corrected chi connectivity index (χ2v) is 8.26. The van der Waals surface area contributed by atoms with Gasteiger partial charge in [-0.25, -0.2) is 17.6 Å². The van der Waals surface area contributed by atoms with Crippen molar-refractivity contribution < 1.29 is 22.3 Å². The number of halogens is 1. The van der Waals surface area contributed by atoms with Crippen molar-refractivity contribution in [3.05, 3.63) is 94.5 Å². The number of esters is 1. The highest BCUT2D eigenvalue weighted by atomic mass is 32.2. The third kappa shape index (κ3) is 4.32. The molecule has 0 atom stereocenters. The van der Waals surface area contributed by atoms with Crippen LogP contribution in [0.1, 0.15) is 10.4 Å². The van der Waals surface area contributed by atoms with Gasteiger partial charge >= 0.3 is 5.97 Å². The predicted octanol–water partition coefficient (Wildman–Crippen LogP) is 2.55. The summed E-state index contributed by atoms with van der Waals surface area (Å²) in [6.45, 7) is -0.519. The molecule has 3 aromatic carbocycles. The van der Waals surface area contributed by atoms with Crippen LogP contribution in [-0.4, -0.2) is 29.4 Å². The fourth-order valence-corrected chi connectivity index (χ4v) is 3.95. The third-order valence-electron chi connectivity index (χ3n) is 4.46. The Morgan fingerprint density at radius 3 is 2.47 bits per heavy atom. The number of hydrogen-bond acceptors (Lipinski definition) is 7. The van der Waals surface area contributed by atoms with Crippen LogP contribution in [0, 0.1) is 5.82 Å². The summed E-state index contributed by atoms with van der Waals surface area (Å²) in [7, 11) is -4.09. The standard InChI is InChI=1S/C21H15FN4O5S/c22-14-9-11-15(12-10-14)32(29,30)24-19-8-4-2-6-17(19)21(28)31-13-26-20(27)16-5-1-3-7-18(16)23-25-26/h1-12,24H,13H2. The van der Waals surface area contributed by atoms with Gasteiger partial charge in [0.05, 0.1) is 21.5 Å². The van der Waals surface area contributed by atoms with E-state index < -0.39 is 34.1 Å². The number of nitrogens with zero attached hydrogens (tertiary/aromatic N) is 3. The first-order chi connectivity index (χ1) is 15.3. The summed E-state index contributed by atoms with van der Waals surface area (Å²) in [6.07, 6.45) is 0. The topological polar surface area (TPSA) is 120 Å². The van der Waals surface area contributed by atoms with Crippen LogP contribution in [0.2, 0.25) is 0 Å². The van der Waals surface area contributed by atoms with Crippen molar-refractivity contribution in [3.8, 4) is 0 Å². The molecule has 0 saturated carbocycles. The number of ether oxygens (including phenoxy) is 1. The van der Waals surface area contributed by atoms with Gasteiger partial charge < -0.3 is 4.74 Å². The zero-order valence-electron chi connectivity index (χ0n) is 16.3. The fourth-order valence-electron chi connectivity index (χ4n) is 2.87. The van der Waals surface area contributed by atoms with Crippen LogP contribution >= 0.6 is 0 Å². The fraction of sp³-hybridized carbons (Fsp3) is 0.0476. The maximum atomic E-state index is 13.1. The number of hydrogen-bond donors (Lipinski definition) is 1. The molecule has 0 radical (unpaired) electrons. The number of aromatic nitrogens is 3. The third-order valence-corrected chi connectivity index (χ3v) is 5.84. The summed E-state index contributed by atoms with van der Waals surface area (Å²) in [5.74, 6) is -1.47. The molecule has 0 aliphatic rings. The summed E-state index contributed by atoms with van der Waals surface area (Å²) < 4.78 is 46.6. The molecule has 1 aromatic heterocycles. The number of anilines is 1. The van der Waals surface area contributed by atoms with Crippen molar-refractivity contribution >= 4 is 32.6 Å². The first-order valence-corrected chi connectivity index (χ1v) is 10.7. The Hall–Kier alpha value is -4.12. The molecule has 0 spiro atoms. The van der Waals surface area contributed by atoms with Crippen molar-refractivity contribution in [1.82, 2.24) is 15.0 Å². The second-order valence-electron chi connectivity index (χ2n) is 6.58. The predicted molar refractivity (Wildman–Crippen MR) is 113 cm³/mol. The molecule has 0 aliphatic carbocycles. The van der Waals surface area contributed by atoms with E-state index in [2.05, 4.69) is 15.0 Å². The Morgan fingerprint density at radius 1 is 1.00 bits per heavy atom. The zero-order valence-corrected chi connectivity index (χ0v) is 17.1. The van der Waals surface area contributed by atoms with Crippen molar-refractivity contribution in [2.45, 2.75) is 11.6 Å². The van der Waals surface area contributed by atoms with E-state index in [1.54, 1.807) is 24.3 Å². The first kappa shape index (κ1) is 21.1. The van der Waals surface area contributed by atoms with Gasteiger partial charge in [0.15, 0.2) is 6.73 Å². The van der Waals surface area contributed by atoms with Gasteiger partial charge in [-0.1, -0.05) is 29.5 Å². The van der Waals surface area contributed by atoms with Crippen LogP contribution in [-0.2, 0) is 21.5 Å². The molecule has 0 saturated heterocycles. The number of para-hydroxylation sites is 1. The molecule has 4 rings (SSSR count). The number of nitrogens with one attached hydrogen (secondary N) is 1. The smallest absolute Gasteiger partial charge is 0.342 e. The maximum Gasteiger partial charge on any atom is 0.342 e. The number of fused-ring (bicyclic) bond motifs is 1. The lowest BCUT2D eigenvalue weighted by molar-refractivity contribution is 0.0337. The van der Waals surface area contributed by atoms with Crippen molar-refractivity contribution in [2.75, 3.05) is 4.72 Å². The van der Waals surface area contributed by atoms with Crippen molar-refractivity contribution in [1.29, 1.82) is 0 Å². The molecule has 162 valence electrons. The molecule has 1 heterocycles. The monoisotopic (exact) mass is 454 g/mol. The summed E-state index contributed by atoms with van der Waals surface area (Å²) >= 11 is 0. The lowest BCUT2D eigenvalue weighted by Gasteiger charge is -2.12. The van der Waals surface area contributed by atoms with Crippen LogP contribution in [0.25, 0.3) is 10.9 Å². The average molecular weight is 454 g/mol. The van der Waals surface area contributed by atoms with Gasteiger partial charge in [0, 0.05) is 0 Å². The van der Waals surface area contributed by atoms with Crippen LogP contribution in [0.5, 0.6) is 0 Å². The van der Waals surface area contributed by atoms with Gasteiger partial charge in [-0.15, -0.1) is 5.10 Å². The highest BCUT2D eigenvalue weighted by Gasteiger charge is 2.20. The average Bonchev–Trinajstić information content (AvgIpc) is 2.79. The number of benzene rings is 3. The van der Waals surface area contributed by atoms with E-state index >= 15 is 0 Å². The minimum atomic E-state index is -4.09. The first-order valence-electron chi connectivity index (χ1n) is 9.22. The molecule has 32 heavy (non-hydrogen) atoms. The quantitative estimate of drug-likeness (QED) is 0.445. The number of carbonyl (C=O) groups is 1. The molecule has 0 unspecified atom stereocenters. The molecule has 0 amide bonds. The number of carbonyl (C=O) groups excluding carboxylic acids is 1. The van der Waals surface area contributed by atoms with E-state index in [-0.39, 0.29) is 16.1 Å². The van der Waals surface area contributed by atoms with Gasteiger partial charge in [-0.2, -0.15) is 4.68 Å². The van der Waals surface area contributed by atoms with Gasteiger partial charge in [0.2, 0.25) is 0 Å².